The molecule has 1 aromatic rings. The van der Waals surface area contributed by atoms with Gasteiger partial charge in [-0.05, 0) is 62.3 Å². The van der Waals surface area contributed by atoms with Gasteiger partial charge in [-0.2, -0.15) is 0 Å². The van der Waals surface area contributed by atoms with Gasteiger partial charge in [0.25, 0.3) is 0 Å². The second kappa shape index (κ2) is 7.30. The molecule has 0 spiro atoms. The molecule has 140 valence electrons. The first kappa shape index (κ1) is 18.8. The Balaban J connectivity index is 1.81. The molecule has 0 radical (unpaired) electrons. The maximum atomic E-state index is 12.7. The van der Waals surface area contributed by atoms with Crippen LogP contribution in [0.25, 0.3) is 0 Å². The van der Waals surface area contributed by atoms with Crippen molar-refractivity contribution in [3.63, 3.8) is 0 Å². The molecule has 0 amide bonds. The molecule has 0 bridgehead atoms. The Kier molecular flexibility index (Phi) is 5.27. The quantitative estimate of drug-likeness (QED) is 0.526. The SMILES string of the molecule is COc1ccc(C(=O)O[C@H]2C/C(C)=C/CC/C(C)=C/[C@H]3[C@@H]2C3(C)C)cc1. The number of benzene rings is 1. The maximum absolute atomic E-state index is 12.7. The standard InChI is InChI=1S/C23H30O3/c1-15-7-6-8-16(2)14-20(21-19(13-15)23(21,3)4)26-22(24)17-9-11-18(25-5)12-10-17/h8-13,19-21H,6-7,14H2,1-5H3/b15-13+,16-8+/t19-,20-,21-/m0/s1. The van der Waals surface area contributed by atoms with Crippen molar-refractivity contribution in [3.8, 4) is 5.75 Å². The largest absolute Gasteiger partial charge is 0.497 e. The van der Waals surface area contributed by atoms with Crippen LogP contribution in [0.5, 0.6) is 5.75 Å². The molecule has 0 N–H and O–H groups in total. The van der Waals surface area contributed by atoms with Gasteiger partial charge in [0, 0.05) is 12.3 Å². The Labute approximate surface area is 157 Å². The highest BCUT2D eigenvalue weighted by molar-refractivity contribution is 5.89. The van der Waals surface area contributed by atoms with Gasteiger partial charge in [-0.1, -0.05) is 37.1 Å². The lowest BCUT2D eigenvalue weighted by Crippen LogP contribution is -2.23. The normalized spacial score (nSPS) is 31.5. The van der Waals surface area contributed by atoms with E-state index in [4.69, 9.17) is 9.47 Å². The van der Waals surface area contributed by atoms with E-state index < -0.39 is 0 Å². The van der Waals surface area contributed by atoms with Crippen molar-refractivity contribution in [2.45, 2.75) is 53.1 Å². The fraction of sp³-hybridized carbons (Fsp3) is 0.522. The van der Waals surface area contributed by atoms with E-state index in [0.717, 1.165) is 25.0 Å². The topological polar surface area (TPSA) is 35.5 Å². The molecule has 3 atom stereocenters. The molecule has 3 heteroatoms. The molecule has 0 saturated heterocycles. The van der Waals surface area contributed by atoms with Gasteiger partial charge >= 0.3 is 5.97 Å². The van der Waals surface area contributed by atoms with E-state index >= 15 is 0 Å². The lowest BCUT2D eigenvalue weighted by atomic mass is 9.98. The summed E-state index contributed by atoms with van der Waals surface area (Å²) in [6, 6.07) is 7.13. The minimum Gasteiger partial charge on any atom is -0.497 e. The summed E-state index contributed by atoms with van der Waals surface area (Å²) in [6.07, 6.45) is 7.62. The van der Waals surface area contributed by atoms with Crippen LogP contribution in [-0.4, -0.2) is 19.2 Å². The molecule has 2 aliphatic rings. The first-order valence-electron chi connectivity index (χ1n) is 9.51. The van der Waals surface area contributed by atoms with Gasteiger partial charge < -0.3 is 9.47 Å². The number of methoxy groups -OCH3 is 1. The summed E-state index contributed by atoms with van der Waals surface area (Å²) in [4.78, 5) is 12.7. The summed E-state index contributed by atoms with van der Waals surface area (Å²) in [5.41, 5.74) is 3.51. The van der Waals surface area contributed by atoms with Crippen LogP contribution >= 0.6 is 0 Å². The van der Waals surface area contributed by atoms with Crippen molar-refractivity contribution in [1.29, 1.82) is 0 Å². The van der Waals surface area contributed by atoms with Crippen LogP contribution in [-0.2, 0) is 4.74 Å². The minimum absolute atomic E-state index is 0.0806. The van der Waals surface area contributed by atoms with Gasteiger partial charge in [0.15, 0.2) is 0 Å². The zero-order valence-corrected chi connectivity index (χ0v) is 16.5. The number of fused-ring (bicyclic) bond motifs is 1. The second-order valence-corrected chi connectivity index (χ2v) is 8.35. The van der Waals surface area contributed by atoms with Crippen molar-refractivity contribution < 1.29 is 14.3 Å². The van der Waals surface area contributed by atoms with Crippen molar-refractivity contribution in [2.75, 3.05) is 7.11 Å². The molecule has 26 heavy (non-hydrogen) atoms. The molecule has 0 heterocycles. The highest BCUT2D eigenvalue weighted by Gasteiger charge is 2.60. The Morgan fingerprint density at radius 3 is 2.46 bits per heavy atom. The zero-order chi connectivity index (χ0) is 18.9. The molecule has 0 unspecified atom stereocenters. The van der Waals surface area contributed by atoms with Crippen LogP contribution in [0, 0.1) is 17.3 Å². The van der Waals surface area contributed by atoms with E-state index in [1.165, 1.54) is 11.1 Å². The van der Waals surface area contributed by atoms with Gasteiger partial charge in [-0.25, -0.2) is 4.79 Å². The predicted octanol–water partition coefficient (Wildman–Crippen LogP) is 5.57. The highest BCUT2D eigenvalue weighted by Crippen LogP contribution is 2.62. The molecule has 1 fully saturated rings. The number of hydrogen-bond donors (Lipinski definition) is 0. The van der Waals surface area contributed by atoms with E-state index in [-0.39, 0.29) is 17.5 Å². The molecule has 3 rings (SSSR count). The van der Waals surface area contributed by atoms with Crippen LogP contribution in [0.2, 0.25) is 0 Å². The van der Waals surface area contributed by atoms with Crippen LogP contribution < -0.4 is 4.74 Å². The van der Waals surface area contributed by atoms with Crippen molar-refractivity contribution in [2.24, 2.45) is 17.3 Å². The summed E-state index contributed by atoms with van der Waals surface area (Å²) in [5.74, 6) is 1.36. The van der Waals surface area contributed by atoms with Gasteiger partial charge in [-0.3, -0.25) is 0 Å². The molecule has 1 saturated carbocycles. The third-order valence-electron chi connectivity index (χ3n) is 6.00. The van der Waals surface area contributed by atoms with Crippen molar-refractivity contribution in [1.82, 2.24) is 0 Å². The molecule has 0 aromatic heterocycles. The number of allylic oxidation sites excluding steroid dienone is 3. The zero-order valence-electron chi connectivity index (χ0n) is 16.5. The van der Waals surface area contributed by atoms with Gasteiger partial charge in [0.1, 0.15) is 11.9 Å². The van der Waals surface area contributed by atoms with Crippen LogP contribution in [0.4, 0.5) is 0 Å². The first-order chi connectivity index (χ1) is 12.3. The molecule has 2 aliphatic carbocycles. The van der Waals surface area contributed by atoms with E-state index in [9.17, 15) is 4.79 Å². The molecule has 3 nitrogen and oxygen atoms in total. The lowest BCUT2D eigenvalue weighted by molar-refractivity contribution is 0.0214. The molecule has 1 aromatic carbocycles. The van der Waals surface area contributed by atoms with E-state index in [1.807, 2.05) is 0 Å². The average Bonchev–Trinajstić information content (AvgIpc) is 3.14. The molecule has 0 aliphatic heterocycles. The number of hydrogen-bond acceptors (Lipinski definition) is 3. The number of carbonyl (C=O) groups excluding carboxylic acids is 1. The monoisotopic (exact) mass is 354 g/mol. The van der Waals surface area contributed by atoms with E-state index in [2.05, 4.69) is 39.8 Å². The summed E-state index contributed by atoms with van der Waals surface area (Å²) >= 11 is 0. The molecular formula is C23H30O3. The number of esters is 1. The summed E-state index contributed by atoms with van der Waals surface area (Å²) < 4.78 is 11.2. The van der Waals surface area contributed by atoms with Crippen LogP contribution in [0.15, 0.2) is 47.6 Å². The fourth-order valence-corrected chi connectivity index (χ4v) is 4.26. The Morgan fingerprint density at radius 1 is 1.12 bits per heavy atom. The number of ether oxygens (including phenoxy) is 2. The first-order valence-corrected chi connectivity index (χ1v) is 9.51. The molecular weight excluding hydrogens is 324 g/mol. The highest BCUT2D eigenvalue weighted by atomic mass is 16.5. The van der Waals surface area contributed by atoms with Gasteiger partial charge in [-0.15, -0.1) is 0 Å². The number of rotatable bonds is 3. The third kappa shape index (κ3) is 3.87. The van der Waals surface area contributed by atoms with Crippen molar-refractivity contribution in [3.05, 3.63) is 53.1 Å². The summed E-state index contributed by atoms with van der Waals surface area (Å²) in [7, 11) is 1.62. The van der Waals surface area contributed by atoms with Crippen LogP contribution in [0.1, 0.15) is 57.3 Å². The second-order valence-electron chi connectivity index (χ2n) is 8.35. The fourth-order valence-electron chi connectivity index (χ4n) is 4.26. The van der Waals surface area contributed by atoms with Crippen molar-refractivity contribution >= 4 is 5.97 Å². The van der Waals surface area contributed by atoms with E-state index in [0.29, 0.717) is 17.4 Å². The Bertz CT molecular complexity index is 724. The van der Waals surface area contributed by atoms with Gasteiger partial charge in [0.2, 0.25) is 0 Å². The average molecular weight is 354 g/mol. The Morgan fingerprint density at radius 2 is 1.81 bits per heavy atom. The van der Waals surface area contributed by atoms with Gasteiger partial charge in [0.05, 0.1) is 12.7 Å². The third-order valence-corrected chi connectivity index (χ3v) is 6.00. The van der Waals surface area contributed by atoms with E-state index in [1.54, 1.807) is 31.4 Å². The smallest absolute Gasteiger partial charge is 0.338 e. The minimum atomic E-state index is -0.246. The predicted molar refractivity (Wildman–Crippen MR) is 104 cm³/mol. The summed E-state index contributed by atoms with van der Waals surface area (Å²) in [6.45, 7) is 8.95. The lowest BCUT2D eigenvalue weighted by Gasteiger charge is -2.21. The summed E-state index contributed by atoms with van der Waals surface area (Å²) in [5, 5.41) is 0. The van der Waals surface area contributed by atoms with Crippen LogP contribution in [0.3, 0.4) is 0 Å². The maximum Gasteiger partial charge on any atom is 0.338 e. The Hall–Kier alpha value is -2.03. The number of carbonyl (C=O) groups is 1.